The zero-order valence-corrected chi connectivity index (χ0v) is 20.3. The topological polar surface area (TPSA) is 49.4 Å². The Kier molecular flexibility index (Phi) is 11.0. The molecule has 0 aromatic heterocycles. The van der Waals surface area contributed by atoms with E-state index in [0.29, 0.717) is 30.3 Å². The van der Waals surface area contributed by atoms with E-state index in [1.807, 2.05) is 56.3 Å². The lowest BCUT2D eigenvalue weighted by Crippen LogP contribution is -2.49. The maximum Gasteiger partial charge on any atom is 0.242 e. The quantitative estimate of drug-likeness (QED) is 0.419. The van der Waals surface area contributed by atoms with Crippen LogP contribution < -0.4 is 5.32 Å². The molecule has 0 aliphatic heterocycles. The number of nitrogens with zero attached hydrogens (tertiary/aromatic N) is 1. The Morgan fingerprint density at radius 2 is 1.84 bits per heavy atom. The summed E-state index contributed by atoms with van der Waals surface area (Å²) in [5.74, 6) is 0.964. The number of thioether (sulfide) groups is 1. The molecule has 0 spiro atoms. The van der Waals surface area contributed by atoms with Gasteiger partial charge < -0.3 is 10.2 Å². The summed E-state index contributed by atoms with van der Waals surface area (Å²) in [6, 6.07) is 15.3. The number of amides is 2. The van der Waals surface area contributed by atoms with Gasteiger partial charge in [-0.05, 0) is 43.0 Å². The minimum atomic E-state index is -0.471. The number of unbranched alkanes of at least 4 members (excludes halogenated alkanes) is 1. The summed E-state index contributed by atoms with van der Waals surface area (Å²) in [5, 5.41) is 3.71. The molecule has 4 nitrogen and oxygen atoms in total. The van der Waals surface area contributed by atoms with Crippen LogP contribution in [0.25, 0.3) is 0 Å². The molecule has 0 saturated carbocycles. The fourth-order valence-corrected chi connectivity index (χ4v) is 4.35. The molecule has 0 radical (unpaired) electrons. The molecular formula is C25H33ClN2O2S. The van der Waals surface area contributed by atoms with E-state index in [1.54, 1.807) is 16.7 Å². The van der Waals surface area contributed by atoms with Crippen molar-refractivity contribution >= 4 is 35.2 Å². The second kappa shape index (κ2) is 13.4. The molecule has 0 bridgehead atoms. The van der Waals surface area contributed by atoms with Gasteiger partial charge in [-0.1, -0.05) is 73.8 Å². The van der Waals surface area contributed by atoms with Crippen molar-refractivity contribution in [3.8, 4) is 0 Å². The zero-order valence-electron chi connectivity index (χ0n) is 18.7. The first kappa shape index (κ1) is 25.3. The Morgan fingerprint density at radius 3 is 2.48 bits per heavy atom. The van der Waals surface area contributed by atoms with Crippen molar-refractivity contribution in [2.24, 2.45) is 0 Å². The summed E-state index contributed by atoms with van der Waals surface area (Å²) >= 11 is 7.50. The number of hydrogen-bond acceptors (Lipinski definition) is 3. The molecule has 0 aliphatic rings. The molecular weight excluding hydrogens is 428 g/mol. The van der Waals surface area contributed by atoms with Crippen molar-refractivity contribution in [3.63, 3.8) is 0 Å². The third kappa shape index (κ3) is 8.58. The van der Waals surface area contributed by atoms with Gasteiger partial charge in [-0.2, -0.15) is 0 Å². The largest absolute Gasteiger partial charge is 0.354 e. The van der Waals surface area contributed by atoms with Gasteiger partial charge in [0.05, 0.1) is 5.75 Å². The van der Waals surface area contributed by atoms with E-state index in [0.717, 1.165) is 35.3 Å². The molecule has 0 heterocycles. The molecule has 1 N–H and O–H groups in total. The van der Waals surface area contributed by atoms with Crippen molar-refractivity contribution in [1.29, 1.82) is 0 Å². The highest BCUT2D eigenvalue weighted by Crippen LogP contribution is 2.19. The van der Waals surface area contributed by atoms with Crippen LogP contribution in [0.3, 0.4) is 0 Å². The van der Waals surface area contributed by atoms with E-state index < -0.39 is 6.04 Å². The highest BCUT2D eigenvalue weighted by Gasteiger charge is 2.28. The van der Waals surface area contributed by atoms with Crippen molar-refractivity contribution in [3.05, 3.63) is 70.2 Å². The fourth-order valence-electron chi connectivity index (χ4n) is 3.35. The standard InChI is InChI=1S/C25H33ClN2O2S/c1-4-6-14-27-25(30)23(5-2)28(16-21-9-7-8-19(3)15-21)24(29)18-31-17-20-10-12-22(26)13-11-20/h7-13,15,23H,4-6,14,16-18H2,1-3H3,(H,27,30). The van der Waals surface area contributed by atoms with E-state index in [-0.39, 0.29) is 11.8 Å². The molecule has 168 valence electrons. The molecule has 1 unspecified atom stereocenters. The number of rotatable bonds is 12. The van der Waals surface area contributed by atoms with Crippen LogP contribution in [-0.4, -0.2) is 35.1 Å². The van der Waals surface area contributed by atoms with Crippen molar-refractivity contribution in [2.45, 2.75) is 58.4 Å². The summed E-state index contributed by atoms with van der Waals surface area (Å²) in [6.07, 6.45) is 2.53. The van der Waals surface area contributed by atoms with Gasteiger partial charge in [0.15, 0.2) is 0 Å². The van der Waals surface area contributed by atoms with E-state index >= 15 is 0 Å². The third-order valence-electron chi connectivity index (χ3n) is 5.06. The van der Waals surface area contributed by atoms with Crippen LogP contribution in [0.2, 0.25) is 5.02 Å². The van der Waals surface area contributed by atoms with E-state index in [2.05, 4.69) is 18.3 Å². The van der Waals surface area contributed by atoms with Crippen LogP contribution in [0.5, 0.6) is 0 Å². The predicted molar refractivity (Wildman–Crippen MR) is 131 cm³/mol. The first-order valence-corrected chi connectivity index (χ1v) is 12.4. The minimum Gasteiger partial charge on any atom is -0.354 e. The lowest BCUT2D eigenvalue weighted by atomic mass is 10.1. The summed E-state index contributed by atoms with van der Waals surface area (Å²) in [4.78, 5) is 27.8. The summed E-state index contributed by atoms with van der Waals surface area (Å²) < 4.78 is 0. The van der Waals surface area contributed by atoms with E-state index in [9.17, 15) is 9.59 Å². The van der Waals surface area contributed by atoms with E-state index in [1.165, 1.54) is 0 Å². The van der Waals surface area contributed by atoms with E-state index in [4.69, 9.17) is 11.6 Å². The van der Waals surface area contributed by atoms with Gasteiger partial charge in [-0.3, -0.25) is 9.59 Å². The molecule has 6 heteroatoms. The maximum atomic E-state index is 13.2. The second-order valence-corrected chi connectivity index (χ2v) is 9.12. The lowest BCUT2D eigenvalue weighted by molar-refractivity contribution is -0.139. The van der Waals surface area contributed by atoms with Crippen LogP contribution in [0.15, 0.2) is 48.5 Å². The van der Waals surface area contributed by atoms with Gasteiger partial charge in [0, 0.05) is 23.9 Å². The average Bonchev–Trinajstić information content (AvgIpc) is 2.75. The Morgan fingerprint density at radius 1 is 1.10 bits per heavy atom. The highest BCUT2D eigenvalue weighted by molar-refractivity contribution is 7.99. The minimum absolute atomic E-state index is 0.0158. The number of hydrogen-bond donors (Lipinski definition) is 1. The number of nitrogens with one attached hydrogen (secondary N) is 1. The molecule has 1 atom stereocenters. The summed E-state index contributed by atoms with van der Waals surface area (Å²) in [5.41, 5.74) is 3.30. The Balaban J connectivity index is 2.09. The van der Waals surface area contributed by atoms with Gasteiger partial charge in [0.25, 0.3) is 0 Å². The number of carbonyl (C=O) groups excluding carboxylic acids is 2. The van der Waals surface area contributed by atoms with Crippen LogP contribution >= 0.6 is 23.4 Å². The Labute approximate surface area is 195 Å². The number of aryl methyl sites for hydroxylation is 1. The van der Waals surface area contributed by atoms with Crippen LogP contribution in [0, 0.1) is 6.92 Å². The van der Waals surface area contributed by atoms with Gasteiger partial charge in [-0.25, -0.2) is 0 Å². The Bertz CT molecular complexity index is 842. The molecule has 31 heavy (non-hydrogen) atoms. The summed E-state index contributed by atoms with van der Waals surface area (Å²) in [7, 11) is 0. The summed E-state index contributed by atoms with van der Waals surface area (Å²) in [6.45, 7) is 7.16. The van der Waals surface area contributed by atoms with Crippen molar-refractivity contribution in [2.75, 3.05) is 12.3 Å². The molecule has 0 aliphatic carbocycles. The van der Waals surface area contributed by atoms with Crippen LogP contribution in [0.4, 0.5) is 0 Å². The van der Waals surface area contributed by atoms with Crippen LogP contribution in [-0.2, 0) is 21.9 Å². The second-order valence-electron chi connectivity index (χ2n) is 7.70. The van der Waals surface area contributed by atoms with Gasteiger partial charge in [-0.15, -0.1) is 11.8 Å². The lowest BCUT2D eigenvalue weighted by Gasteiger charge is -2.30. The van der Waals surface area contributed by atoms with Crippen LogP contribution in [0.1, 0.15) is 49.8 Å². The molecule has 0 fully saturated rings. The number of halogens is 1. The molecule has 2 aromatic rings. The number of carbonyl (C=O) groups is 2. The molecule has 2 aromatic carbocycles. The Hall–Kier alpha value is -1.98. The zero-order chi connectivity index (χ0) is 22.6. The smallest absolute Gasteiger partial charge is 0.242 e. The predicted octanol–water partition coefficient (Wildman–Crippen LogP) is 5.61. The van der Waals surface area contributed by atoms with Gasteiger partial charge in [0.2, 0.25) is 11.8 Å². The first-order valence-electron chi connectivity index (χ1n) is 10.9. The highest BCUT2D eigenvalue weighted by atomic mass is 35.5. The monoisotopic (exact) mass is 460 g/mol. The fraction of sp³-hybridized carbons (Fsp3) is 0.440. The third-order valence-corrected chi connectivity index (χ3v) is 6.30. The first-order chi connectivity index (χ1) is 14.9. The normalized spacial score (nSPS) is 11.7. The van der Waals surface area contributed by atoms with Crippen molar-refractivity contribution in [1.82, 2.24) is 10.2 Å². The molecule has 0 saturated heterocycles. The SMILES string of the molecule is CCCCNC(=O)C(CC)N(Cc1cccc(C)c1)C(=O)CSCc1ccc(Cl)cc1. The van der Waals surface area contributed by atoms with Gasteiger partial charge in [0.1, 0.15) is 6.04 Å². The van der Waals surface area contributed by atoms with Gasteiger partial charge >= 0.3 is 0 Å². The number of benzene rings is 2. The average molecular weight is 461 g/mol. The molecule has 2 amide bonds. The van der Waals surface area contributed by atoms with Crippen molar-refractivity contribution < 1.29 is 9.59 Å². The molecule has 2 rings (SSSR count). The maximum absolute atomic E-state index is 13.2.